The number of rotatable bonds is 4. The maximum atomic E-state index is 5.52. The van der Waals surface area contributed by atoms with Gasteiger partial charge in [-0.05, 0) is 37.3 Å². The van der Waals surface area contributed by atoms with Crippen LogP contribution in [0.2, 0.25) is 0 Å². The van der Waals surface area contributed by atoms with Gasteiger partial charge in [0.05, 0.1) is 0 Å². The van der Waals surface area contributed by atoms with E-state index in [1.165, 1.54) is 31.3 Å². The van der Waals surface area contributed by atoms with Crippen molar-refractivity contribution in [3.8, 4) is 0 Å². The van der Waals surface area contributed by atoms with Gasteiger partial charge in [-0.15, -0.1) is 0 Å². The standard InChI is InChI=1S/C10H19N/c1-3-4-9(7-11)6-10-5-8(10)2/h7-8,10H,3-6,11H2,1-2H3/b9-7+. The lowest BCUT2D eigenvalue weighted by molar-refractivity contribution is 0.703. The molecule has 2 N–H and O–H groups in total. The fourth-order valence-electron chi connectivity index (χ4n) is 1.59. The van der Waals surface area contributed by atoms with Gasteiger partial charge in [-0.25, -0.2) is 0 Å². The van der Waals surface area contributed by atoms with Crippen LogP contribution in [0.25, 0.3) is 0 Å². The molecule has 1 rings (SSSR count). The Morgan fingerprint density at radius 3 is 2.64 bits per heavy atom. The third-order valence-electron chi connectivity index (χ3n) is 2.61. The molecule has 0 aromatic heterocycles. The van der Waals surface area contributed by atoms with E-state index in [1.54, 1.807) is 0 Å². The molecule has 1 aliphatic carbocycles. The van der Waals surface area contributed by atoms with Gasteiger partial charge < -0.3 is 5.73 Å². The molecule has 1 saturated carbocycles. The number of hydrogen-bond donors (Lipinski definition) is 1. The van der Waals surface area contributed by atoms with E-state index >= 15 is 0 Å². The summed E-state index contributed by atoms with van der Waals surface area (Å²) in [6, 6.07) is 0. The first-order chi connectivity index (χ1) is 5.27. The van der Waals surface area contributed by atoms with Gasteiger partial charge >= 0.3 is 0 Å². The Morgan fingerprint density at radius 1 is 1.64 bits per heavy atom. The van der Waals surface area contributed by atoms with E-state index in [-0.39, 0.29) is 0 Å². The van der Waals surface area contributed by atoms with Gasteiger partial charge in [0.1, 0.15) is 0 Å². The summed E-state index contributed by atoms with van der Waals surface area (Å²) in [6.07, 6.45) is 6.91. The van der Waals surface area contributed by atoms with Crippen LogP contribution >= 0.6 is 0 Å². The quantitative estimate of drug-likeness (QED) is 0.660. The van der Waals surface area contributed by atoms with Crippen LogP contribution in [0.5, 0.6) is 0 Å². The summed E-state index contributed by atoms with van der Waals surface area (Å²) in [6.45, 7) is 4.53. The average Bonchev–Trinajstić information content (AvgIpc) is 2.66. The molecule has 0 aliphatic heterocycles. The first-order valence-corrected chi connectivity index (χ1v) is 4.67. The Bertz CT molecular complexity index is 149. The van der Waals surface area contributed by atoms with Crippen molar-refractivity contribution in [2.75, 3.05) is 0 Å². The predicted octanol–water partition coefficient (Wildman–Crippen LogP) is 2.68. The number of hydrogen-bond acceptors (Lipinski definition) is 1. The zero-order valence-electron chi connectivity index (χ0n) is 7.64. The van der Waals surface area contributed by atoms with Gasteiger partial charge in [-0.2, -0.15) is 0 Å². The fraction of sp³-hybridized carbons (Fsp3) is 0.800. The molecule has 11 heavy (non-hydrogen) atoms. The summed E-state index contributed by atoms with van der Waals surface area (Å²) in [5, 5.41) is 0. The Hall–Kier alpha value is -0.460. The maximum Gasteiger partial charge on any atom is -0.00704 e. The molecule has 64 valence electrons. The normalized spacial score (nSPS) is 30.5. The summed E-state index contributed by atoms with van der Waals surface area (Å²) in [7, 11) is 0. The highest BCUT2D eigenvalue weighted by Crippen LogP contribution is 2.42. The predicted molar refractivity (Wildman–Crippen MR) is 49.1 cm³/mol. The van der Waals surface area contributed by atoms with Crippen LogP contribution < -0.4 is 5.73 Å². The molecule has 1 fully saturated rings. The minimum absolute atomic E-state index is 0.955. The van der Waals surface area contributed by atoms with E-state index in [9.17, 15) is 0 Å². The van der Waals surface area contributed by atoms with Crippen molar-refractivity contribution in [1.82, 2.24) is 0 Å². The third kappa shape index (κ3) is 2.57. The second-order valence-electron chi connectivity index (χ2n) is 3.75. The minimum atomic E-state index is 0.955. The third-order valence-corrected chi connectivity index (χ3v) is 2.61. The average molecular weight is 153 g/mol. The molecule has 1 heteroatoms. The lowest BCUT2D eigenvalue weighted by Crippen LogP contribution is -1.91. The SMILES string of the molecule is CCC/C(=C\N)CC1CC1C. The van der Waals surface area contributed by atoms with Gasteiger partial charge in [0, 0.05) is 0 Å². The largest absolute Gasteiger partial charge is 0.405 e. The van der Waals surface area contributed by atoms with Crippen LogP contribution in [0.3, 0.4) is 0 Å². The smallest absolute Gasteiger partial charge is 0.00704 e. The summed E-state index contributed by atoms with van der Waals surface area (Å²) in [5.74, 6) is 1.91. The molecule has 0 radical (unpaired) electrons. The van der Waals surface area contributed by atoms with Crippen molar-refractivity contribution in [3.63, 3.8) is 0 Å². The van der Waals surface area contributed by atoms with E-state index in [2.05, 4.69) is 13.8 Å². The Balaban J connectivity index is 2.22. The van der Waals surface area contributed by atoms with E-state index in [1.807, 2.05) is 6.20 Å². The summed E-state index contributed by atoms with van der Waals surface area (Å²) >= 11 is 0. The van der Waals surface area contributed by atoms with Crippen LogP contribution in [0, 0.1) is 11.8 Å². The van der Waals surface area contributed by atoms with Crippen molar-refractivity contribution in [2.45, 2.75) is 39.5 Å². The summed E-state index contributed by atoms with van der Waals surface area (Å²) < 4.78 is 0. The van der Waals surface area contributed by atoms with Gasteiger partial charge in [-0.3, -0.25) is 0 Å². The lowest BCUT2D eigenvalue weighted by atomic mass is 10.0. The topological polar surface area (TPSA) is 26.0 Å². The monoisotopic (exact) mass is 153 g/mol. The molecule has 0 aromatic carbocycles. The fourth-order valence-corrected chi connectivity index (χ4v) is 1.59. The Morgan fingerprint density at radius 2 is 2.27 bits per heavy atom. The van der Waals surface area contributed by atoms with Gasteiger partial charge in [0.15, 0.2) is 0 Å². The summed E-state index contributed by atoms with van der Waals surface area (Å²) in [4.78, 5) is 0. The first-order valence-electron chi connectivity index (χ1n) is 4.67. The van der Waals surface area contributed by atoms with Gasteiger partial charge in [-0.1, -0.05) is 25.8 Å². The van der Waals surface area contributed by atoms with Gasteiger partial charge in [0.25, 0.3) is 0 Å². The second-order valence-corrected chi connectivity index (χ2v) is 3.75. The van der Waals surface area contributed by atoms with E-state index in [0.29, 0.717) is 0 Å². The molecular weight excluding hydrogens is 134 g/mol. The summed E-state index contributed by atoms with van der Waals surface area (Å²) in [5.41, 5.74) is 6.98. The maximum absolute atomic E-state index is 5.52. The second kappa shape index (κ2) is 3.80. The van der Waals surface area contributed by atoms with Crippen LogP contribution in [0.1, 0.15) is 39.5 Å². The van der Waals surface area contributed by atoms with E-state index < -0.39 is 0 Å². The van der Waals surface area contributed by atoms with E-state index in [4.69, 9.17) is 5.73 Å². The zero-order chi connectivity index (χ0) is 8.27. The molecule has 0 saturated heterocycles. The van der Waals surface area contributed by atoms with Crippen LogP contribution in [-0.4, -0.2) is 0 Å². The van der Waals surface area contributed by atoms with Crippen molar-refractivity contribution < 1.29 is 0 Å². The van der Waals surface area contributed by atoms with Crippen molar-refractivity contribution in [1.29, 1.82) is 0 Å². The van der Waals surface area contributed by atoms with Crippen LogP contribution in [0.4, 0.5) is 0 Å². The first kappa shape index (κ1) is 8.63. The molecule has 0 amide bonds. The molecule has 1 nitrogen and oxygen atoms in total. The highest BCUT2D eigenvalue weighted by Gasteiger charge is 2.32. The van der Waals surface area contributed by atoms with E-state index in [0.717, 1.165) is 11.8 Å². The molecular formula is C10H19N. The number of nitrogens with two attached hydrogens (primary N) is 1. The Kier molecular flexibility index (Phi) is 2.98. The van der Waals surface area contributed by atoms with Crippen LogP contribution in [0.15, 0.2) is 11.8 Å². The molecule has 2 unspecified atom stereocenters. The zero-order valence-corrected chi connectivity index (χ0v) is 7.64. The number of allylic oxidation sites excluding steroid dienone is 1. The van der Waals surface area contributed by atoms with Gasteiger partial charge in [0.2, 0.25) is 0 Å². The minimum Gasteiger partial charge on any atom is -0.405 e. The van der Waals surface area contributed by atoms with Crippen molar-refractivity contribution in [3.05, 3.63) is 11.8 Å². The molecule has 0 spiro atoms. The Labute approximate surface area is 69.7 Å². The molecule has 2 atom stereocenters. The van der Waals surface area contributed by atoms with Crippen molar-refractivity contribution >= 4 is 0 Å². The highest BCUT2D eigenvalue weighted by atomic mass is 14.5. The molecule has 1 aliphatic rings. The molecule has 0 bridgehead atoms. The highest BCUT2D eigenvalue weighted by molar-refractivity contribution is 5.04. The van der Waals surface area contributed by atoms with Crippen LogP contribution in [-0.2, 0) is 0 Å². The molecule has 0 aromatic rings. The molecule has 0 heterocycles. The lowest BCUT2D eigenvalue weighted by Gasteiger charge is -2.02. The van der Waals surface area contributed by atoms with Crippen molar-refractivity contribution in [2.24, 2.45) is 17.6 Å².